The van der Waals surface area contributed by atoms with Gasteiger partial charge < -0.3 is 0 Å². The van der Waals surface area contributed by atoms with Gasteiger partial charge in [0.25, 0.3) is 10.0 Å². The predicted octanol–water partition coefficient (Wildman–Crippen LogP) is 2.91. The van der Waals surface area contributed by atoms with E-state index in [9.17, 15) is 30.0 Å². The van der Waals surface area contributed by atoms with Crippen molar-refractivity contribution < 1.29 is 30.0 Å². The zero-order chi connectivity index (χ0) is 18.2. The summed E-state index contributed by atoms with van der Waals surface area (Å²) >= 11 is 0. The van der Waals surface area contributed by atoms with Gasteiger partial charge in [0.1, 0.15) is 0 Å². The minimum Gasteiger partial charge on any atom is -0.280 e. The molecule has 0 saturated carbocycles. The molecule has 2 aromatic carbocycles. The average Bonchev–Trinajstić information content (AvgIpc) is 2.45. The highest BCUT2D eigenvalue weighted by Gasteiger charge is 2.36. The molecule has 5 nitrogen and oxygen atoms in total. The highest BCUT2D eigenvalue weighted by atomic mass is 32.2. The smallest absolute Gasteiger partial charge is 0.280 e. The number of rotatable bonds is 4. The van der Waals surface area contributed by atoms with E-state index in [1.54, 1.807) is 0 Å². The van der Waals surface area contributed by atoms with Gasteiger partial charge in [-0.25, -0.2) is 16.8 Å². The van der Waals surface area contributed by atoms with E-state index in [2.05, 4.69) is 0 Å². The summed E-state index contributed by atoms with van der Waals surface area (Å²) in [5.74, 6) is 0. The maximum absolute atomic E-state index is 12.9. The van der Waals surface area contributed by atoms with E-state index in [-0.39, 0.29) is 10.6 Å². The molecule has 2 rings (SSSR count). The molecule has 0 radical (unpaired) electrons. The largest absolute Gasteiger partial charge is 0.417 e. The number of sulfonamides is 1. The van der Waals surface area contributed by atoms with Crippen LogP contribution in [0, 0.1) is 0 Å². The number of anilines is 1. The second kappa shape index (κ2) is 6.10. The number of sulfone groups is 1. The monoisotopic (exact) mass is 379 g/mol. The molecule has 2 aromatic rings. The Bertz CT molecular complexity index is 950. The summed E-state index contributed by atoms with van der Waals surface area (Å²) < 4.78 is 88.0. The molecular formula is C14H12F3NO4S2. The van der Waals surface area contributed by atoms with Gasteiger partial charge >= 0.3 is 6.18 Å². The first-order valence-electron chi connectivity index (χ1n) is 6.40. The summed E-state index contributed by atoms with van der Waals surface area (Å²) in [6.07, 6.45) is -3.85. The third-order valence-corrected chi connectivity index (χ3v) is 5.58. The fourth-order valence-corrected chi connectivity index (χ4v) is 3.83. The van der Waals surface area contributed by atoms with Crippen LogP contribution in [0.3, 0.4) is 0 Å². The first-order valence-corrected chi connectivity index (χ1v) is 9.78. The normalized spacial score (nSPS) is 12.8. The van der Waals surface area contributed by atoms with Crippen LogP contribution in [0.4, 0.5) is 18.9 Å². The molecule has 0 heterocycles. The van der Waals surface area contributed by atoms with Crippen LogP contribution in [0.2, 0.25) is 0 Å². The van der Waals surface area contributed by atoms with Gasteiger partial charge in [-0.1, -0.05) is 12.1 Å². The Morgan fingerprint density at radius 3 is 1.92 bits per heavy atom. The van der Waals surface area contributed by atoms with Crippen LogP contribution in [0.15, 0.2) is 58.3 Å². The number of alkyl halides is 3. The fourth-order valence-electron chi connectivity index (χ4n) is 1.92. The Labute approximate surface area is 137 Å². The van der Waals surface area contributed by atoms with Gasteiger partial charge in [0.2, 0.25) is 0 Å². The van der Waals surface area contributed by atoms with E-state index in [1.807, 2.05) is 4.72 Å². The van der Waals surface area contributed by atoms with Crippen LogP contribution in [0.25, 0.3) is 0 Å². The predicted molar refractivity (Wildman–Crippen MR) is 81.8 cm³/mol. The summed E-state index contributed by atoms with van der Waals surface area (Å²) in [6, 6.07) is 8.40. The van der Waals surface area contributed by atoms with Gasteiger partial charge in [-0.3, -0.25) is 4.72 Å². The van der Waals surface area contributed by atoms with E-state index < -0.39 is 36.5 Å². The lowest BCUT2D eigenvalue weighted by Crippen LogP contribution is -2.18. The highest BCUT2D eigenvalue weighted by molar-refractivity contribution is 7.92. The summed E-state index contributed by atoms with van der Waals surface area (Å²) in [7, 11) is -7.96. The molecule has 0 amide bonds. The van der Waals surface area contributed by atoms with Crippen LogP contribution >= 0.6 is 0 Å². The summed E-state index contributed by atoms with van der Waals surface area (Å²) in [6.45, 7) is 0. The second-order valence-electron chi connectivity index (χ2n) is 4.90. The maximum Gasteiger partial charge on any atom is 0.417 e. The van der Waals surface area contributed by atoms with Crippen molar-refractivity contribution in [3.8, 4) is 0 Å². The van der Waals surface area contributed by atoms with Gasteiger partial charge in [-0.15, -0.1) is 0 Å². The molecule has 0 aliphatic heterocycles. The van der Waals surface area contributed by atoms with E-state index >= 15 is 0 Å². The molecule has 0 fully saturated rings. The van der Waals surface area contributed by atoms with Crippen LogP contribution in [-0.4, -0.2) is 23.1 Å². The van der Waals surface area contributed by atoms with Crippen molar-refractivity contribution in [3.05, 3.63) is 54.1 Å². The van der Waals surface area contributed by atoms with E-state index in [0.29, 0.717) is 6.07 Å². The molecule has 0 atom stereocenters. The number of benzene rings is 2. The average molecular weight is 379 g/mol. The number of halogens is 3. The Hall–Kier alpha value is -2.07. The molecular weight excluding hydrogens is 367 g/mol. The summed E-state index contributed by atoms with van der Waals surface area (Å²) in [4.78, 5) is -0.953. The van der Waals surface area contributed by atoms with Crippen molar-refractivity contribution in [2.45, 2.75) is 16.0 Å². The van der Waals surface area contributed by atoms with Gasteiger partial charge in [-0.05, 0) is 36.4 Å². The Balaban J connectivity index is 2.40. The van der Waals surface area contributed by atoms with E-state index in [1.165, 1.54) is 6.07 Å². The van der Waals surface area contributed by atoms with Crippen molar-refractivity contribution in [1.82, 2.24) is 0 Å². The summed E-state index contributed by atoms with van der Waals surface area (Å²) in [5, 5.41) is 0. The zero-order valence-electron chi connectivity index (χ0n) is 12.2. The lowest BCUT2D eigenvalue weighted by molar-refractivity contribution is -0.139. The number of nitrogens with one attached hydrogen (secondary N) is 1. The van der Waals surface area contributed by atoms with Gasteiger partial charge in [-0.2, -0.15) is 13.2 Å². The highest BCUT2D eigenvalue weighted by Crippen LogP contribution is 2.34. The SMILES string of the molecule is CS(=O)(=O)c1ccc(NS(=O)(=O)c2ccccc2C(F)(F)F)cc1. The molecule has 0 aromatic heterocycles. The molecule has 24 heavy (non-hydrogen) atoms. The third-order valence-electron chi connectivity index (χ3n) is 3.02. The first-order chi connectivity index (χ1) is 10.9. The van der Waals surface area contributed by atoms with Crippen LogP contribution in [0.1, 0.15) is 5.56 Å². The quantitative estimate of drug-likeness (QED) is 0.886. The van der Waals surface area contributed by atoms with Crippen LogP contribution < -0.4 is 4.72 Å². The number of hydrogen-bond donors (Lipinski definition) is 1. The lowest BCUT2D eigenvalue weighted by Gasteiger charge is -2.14. The van der Waals surface area contributed by atoms with Crippen LogP contribution in [0.5, 0.6) is 0 Å². The Kier molecular flexibility index (Phi) is 4.64. The maximum atomic E-state index is 12.9. The lowest BCUT2D eigenvalue weighted by atomic mass is 10.2. The summed E-state index contributed by atoms with van der Waals surface area (Å²) in [5.41, 5.74) is -1.34. The molecule has 0 bridgehead atoms. The molecule has 1 N–H and O–H groups in total. The first kappa shape index (κ1) is 18.3. The molecule has 0 spiro atoms. The minimum atomic E-state index is -4.83. The van der Waals surface area contributed by atoms with Crippen molar-refractivity contribution in [2.75, 3.05) is 11.0 Å². The minimum absolute atomic E-state index is 0.0406. The molecule has 130 valence electrons. The van der Waals surface area contributed by atoms with Crippen molar-refractivity contribution in [2.24, 2.45) is 0 Å². The topological polar surface area (TPSA) is 80.3 Å². The van der Waals surface area contributed by atoms with Crippen molar-refractivity contribution in [3.63, 3.8) is 0 Å². The van der Waals surface area contributed by atoms with Crippen LogP contribution in [-0.2, 0) is 26.0 Å². The van der Waals surface area contributed by atoms with E-state index in [0.717, 1.165) is 42.7 Å². The Morgan fingerprint density at radius 1 is 0.875 bits per heavy atom. The van der Waals surface area contributed by atoms with Gasteiger partial charge in [0.05, 0.1) is 15.4 Å². The Morgan fingerprint density at radius 2 is 1.42 bits per heavy atom. The van der Waals surface area contributed by atoms with Crippen molar-refractivity contribution in [1.29, 1.82) is 0 Å². The number of hydrogen-bond acceptors (Lipinski definition) is 4. The van der Waals surface area contributed by atoms with Crippen molar-refractivity contribution >= 4 is 25.5 Å². The molecule has 10 heteroatoms. The van der Waals surface area contributed by atoms with Gasteiger partial charge in [0.15, 0.2) is 9.84 Å². The second-order valence-corrected chi connectivity index (χ2v) is 8.56. The van der Waals surface area contributed by atoms with E-state index in [4.69, 9.17) is 0 Å². The zero-order valence-corrected chi connectivity index (χ0v) is 13.8. The molecule has 0 aliphatic carbocycles. The third kappa shape index (κ3) is 4.06. The molecule has 0 aliphatic rings. The molecule has 0 saturated heterocycles. The fraction of sp³-hybridized carbons (Fsp3) is 0.143. The standard InChI is InChI=1S/C14H12F3NO4S2/c1-23(19,20)11-8-6-10(7-9-11)18-24(21,22)13-5-3-2-4-12(13)14(15,16)17/h2-9,18H,1H3. The molecule has 0 unspecified atom stereocenters. The van der Waals surface area contributed by atoms with Gasteiger partial charge in [0, 0.05) is 11.9 Å².